The lowest BCUT2D eigenvalue weighted by atomic mass is 9.97. The zero-order valence-electron chi connectivity index (χ0n) is 13.3. The van der Waals surface area contributed by atoms with Crippen LogP contribution in [0.4, 0.5) is 5.69 Å². The third-order valence-corrected chi connectivity index (χ3v) is 5.25. The number of fused-ring (bicyclic) bond motifs is 1. The molecule has 1 aromatic heterocycles. The third-order valence-electron chi connectivity index (χ3n) is 3.97. The summed E-state index contributed by atoms with van der Waals surface area (Å²) in [5.41, 5.74) is 3.21. The van der Waals surface area contributed by atoms with Gasteiger partial charge in [0.2, 0.25) is 5.91 Å². The zero-order chi connectivity index (χ0) is 17.1. The zero-order valence-corrected chi connectivity index (χ0v) is 14.9. The highest BCUT2D eigenvalue weighted by Gasteiger charge is 2.16. The van der Waals surface area contributed by atoms with Crippen molar-refractivity contribution in [3.8, 4) is 0 Å². The molecule has 1 heterocycles. The molecule has 0 aliphatic heterocycles. The average Bonchev–Trinajstić information content (AvgIpc) is 2.56. The van der Waals surface area contributed by atoms with Crippen LogP contribution in [0.3, 0.4) is 0 Å². The number of nitrogens with one attached hydrogen (secondary N) is 2. The number of benzene rings is 1. The summed E-state index contributed by atoms with van der Waals surface area (Å²) < 4.78 is 0. The van der Waals surface area contributed by atoms with Gasteiger partial charge in [0.25, 0.3) is 5.56 Å². The predicted molar refractivity (Wildman–Crippen MR) is 97.0 cm³/mol. The molecule has 126 valence electrons. The number of H-pyrrole nitrogens is 1. The fourth-order valence-electron chi connectivity index (χ4n) is 2.65. The van der Waals surface area contributed by atoms with E-state index in [0.29, 0.717) is 15.9 Å². The van der Waals surface area contributed by atoms with Gasteiger partial charge in [-0.1, -0.05) is 29.4 Å². The SMILES string of the molecule is Cc1ccc(NC(=O)CSc2nc3c(c(=O)[nH]2)CCCC3)cc1Cl. The Bertz CT molecular complexity index is 835. The number of halogens is 1. The van der Waals surface area contributed by atoms with Gasteiger partial charge in [-0.3, -0.25) is 9.59 Å². The summed E-state index contributed by atoms with van der Waals surface area (Å²) in [6.07, 6.45) is 3.71. The molecule has 1 amide bonds. The summed E-state index contributed by atoms with van der Waals surface area (Å²) in [6, 6.07) is 5.38. The maximum Gasteiger partial charge on any atom is 0.254 e. The van der Waals surface area contributed by atoms with E-state index < -0.39 is 0 Å². The van der Waals surface area contributed by atoms with Crippen LogP contribution in [0.5, 0.6) is 0 Å². The number of rotatable bonds is 4. The van der Waals surface area contributed by atoms with Crippen LogP contribution in [0.2, 0.25) is 5.02 Å². The van der Waals surface area contributed by atoms with Crippen LogP contribution < -0.4 is 10.9 Å². The Kier molecular flexibility index (Phi) is 5.26. The highest BCUT2D eigenvalue weighted by molar-refractivity contribution is 7.99. The van der Waals surface area contributed by atoms with Gasteiger partial charge in [-0.2, -0.15) is 0 Å². The second-order valence-corrected chi connectivity index (χ2v) is 7.18. The van der Waals surface area contributed by atoms with Crippen LogP contribution in [0, 0.1) is 6.92 Å². The van der Waals surface area contributed by atoms with E-state index in [4.69, 9.17) is 11.6 Å². The van der Waals surface area contributed by atoms with E-state index in [1.165, 1.54) is 11.8 Å². The van der Waals surface area contributed by atoms with Gasteiger partial charge in [0.1, 0.15) is 0 Å². The molecule has 2 aromatic rings. The number of nitrogens with zero attached hydrogens (tertiary/aromatic N) is 1. The molecule has 7 heteroatoms. The van der Waals surface area contributed by atoms with Crippen LogP contribution in [0.25, 0.3) is 0 Å². The number of thioether (sulfide) groups is 1. The van der Waals surface area contributed by atoms with Crippen LogP contribution in [-0.4, -0.2) is 21.6 Å². The van der Waals surface area contributed by atoms with Crippen molar-refractivity contribution in [3.63, 3.8) is 0 Å². The molecule has 3 rings (SSSR count). The van der Waals surface area contributed by atoms with Crippen molar-refractivity contribution in [2.45, 2.75) is 37.8 Å². The molecule has 24 heavy (non-hydrogen) atoms. The Morgan fingerprint density at radius 3 is 2.96 bits per heavy atom. The molecule has 1 aliphatic rings. The summed E-state index contributed by atoms with van der Waals surface area (Å²) >= 11 is 7.28. The Morgan fingerprint density at radius 1 is 1.38 bits per heavy atom. The fourth-order valence-corrected chi connectivity index (χ4v) is 3.51. The van der Waals surface area contributed by atoms with Crippen LogP contribution in [-0.2, 0) is 17.6 Å². The first-order valence-electron chi connectivity index (χ1n) is 7.84. The number of hydrogen-bond donors (Lipinski definition) is 2. The number of aromatic nitrogens is 2. The first-order chi connectivity index (χ1) is 11.5. The van der Waals surface area contributed by atoms with E-state index in [-0.39, 0.29) is 17.2 Å². The van der Waals surface area contributed by atoms with Gasteiger partial charge in [-0.05, 0) is 50.3 Å². The number of amides is 1. The number of hydrogen-bond acceptors (Lipinski definition) is 4. The average molecular weight is 364 g/mol. The quantitative estimate of drug-likeness (QED) is 0.645. The number of aromatic amines is 1. The normalized spacial score (nSPS) is 13.4. The lowest BCUT2D eigenvalue weighted by molar-refractivity contribution is -0.113. The summed E-state index contributed by atoms with van der Waals surface area (Å²) in [5, 5.41) is 3.90. The van der Waals surface area contributed by atoms with Gasteiger partial charge in [0, 0.05) is 16.3 Å². The second kappa shape index (κ2) is 7.40. The summed E-state index contributed by atoms with van der Waals surface area (Å²) in [6.45, 7) is 1.90. The molecule has 0 bridgehead atoms. The van der Waals surface area contributed by atoms with Crippen molar-refractivity contribution in [1.82, 2.24) is 9.97 Å². The largest absolute Gasteiger partial charge is 0.325 e. The third kappa shape index (κ3) is 3.99. The first-order valence-corrected chi connectivity index (χ1v) is 9.20. The van der Waals surface area contributed by atoms with E-state index in [1.54, 1.807) is 6.07 Å². The van der Waals surface area contributed by atoms with Gasteiger partial charge in [-0.25, -0.2) is 4.98 Å². The fraction of sp³-hybridized carbons (Fsp3) is 0.353. The van der Waals surface area contributed by atoms with Crippen molar-refractivity contribution in [2.75, 3.05) is 11.1 Å². The minimum atomic E-state index is -0.166. The summed E-state index contributed by atoms with van der Waals surface area (Å²) in [7, 11) is 0. The molecule has 0 radical (unpaired) electrons. The molecular weight excluding hydrogens is 346 g/mol. The van der Waals surface area contributed by atoms with Crippen molar-refractivity contribution in [2.24, 2.45) is 0 Å². The van der Waals surface area contributed by atoms with Crippen LogP contribution >= 0.6 is 23.4 Å². The highest BCUT2D eigenvalue weighted by atomic mass is 35.5. The molecule has 0 fully saturated rings. The monoisotopic (exact) mass is 363 g/mol. The topological polar surface area (TPSA) is 74.8 Å². The standard InChI is InChI=1S/C17H18ClN3O2S/c1-10-6-7-11(8-13(10)18)19-15(22)9-24-17-20-14-5-3-2-4-12(14)16(23)21-17/h6-8H,2-5,9H2,1H3,(H,19,22)(H,20,21,23). The lowest BCUT2D eigenvalue weighted by Gasteiger charge is -2.14. The number of carbonyl (C=O) groups is 1. The molecule has 1 aromatic carbocycles. The van der Waals surface area contributed by atoms with Crippen molar-refractivity contribution >= 4 is 35.0 Å². The van der Waals surface area contributed by atoms with E-state index in [9.17, 15) is 9.59 Å². The molecule has 0 spiro atoms. The minimum Gasteiger partial charge on any atom is -0.325 e. The Balaban J connectivity index is 1.63. The summed E-state index contributed by atoms with van der Waals surface area (Å²) in [4.78, 5) is 31.4. The maximum absolute atomic E-state index is 12.1. The molecule has 0 unspecified atom stereocenters. The van der Waals surface area contributed by atoms with E-state index in [1.807, 2.05) is 19.1 Å². The molecule has 1 aliphatic carbocycles. The molecule has 2 N–H and O–H groups in total. The lowest BCUT2D eigenvalue weighted by Crippen LogP contribution is -2.22. The van der Waals surface area contributed by atoms with E-state index in [0.717, 1.165) is 42.5 Å². The number of anilines is 1. The Labute approximate surface area is 149 Å². The summed E-state index contributed by atoms with van der Waals surface area (Å²) in [5.74, 6) is 0.00743. The van der Waals surface area contributed by atoms with Crippen LogP contribution in [0.1, 0.15) is 29.7 Å². The van der Waals surface area contributed by atoms with Gasteiger partial charge in [0.05, 0.1) is 11.4 Å². The van der Waals surface area contributed by atoms with Crippen LogP contribution in [0.15, 0.2) is 28.2 Å². The molecule has 0 saturated carbocycles. The van der Waals surface area contributed by atoms with E-state index >= 15 is 0 Å². The molecule has 5 nitrogen and oxygen atoms in total. The van der Waals surface area contributed by atoms with Gasteiger partial charge < -0.3 is 10.3 Å². The second-order valence-electron chi connectivity index (χ2n) is 5.80. The van der Waals surface area contributed by atoms with Crippen molar-refractivity contribution in [1.29, 1.82) is 0 Å². The highest BCUT2D eigenvalue weighted by Crippen LogP contribution is 2.21. The first kappa shape index (κ1) is 17.0. The molecule has 0 saturated heterocycles. The maximum atomic E-state index is 12.1. The molecular formula is C17H18ClN3O2S. The van der Waals surface area contributed by atoms with E-state index in [2.05, 4.69) is 15.3 Å². The van der Waals surface area contributed by atoms with Gasteiger partial charge in [0.15, 0.2) is 5.16 Å². The number of carbonyl (C=O) groups excluding carboxylic acids is 1. The van der Waals surface area contributed by atoms with Gasteiger partial charge >= 0.3 is 0 Å². The van der Waals surface area contributed by atoms with Crippen molar-refractivity contribution < 1.29 is 4.79 Å². The molecule has 0 atom stereocenters. The number of aryl methyl sites for hydroxylation is 2. The van der Waals surface area contributed by atoms with Crippen molar-refractivity contribution in [3.05, 3.63) is 50.4 Å². The van der Waals surface area contributed by atoms with Gasteiger partial charge in [-0.15, -0.1) is 0 Å². The Hall–Kier alpha value is -1.79. The smallest absolute Gasteiger partial charge is 0.254 e. The Morgan fingerprint density at radius 2 is 2.17 bits per heavy atom. The minimum absolute atomic E-state index is 0.0760. The predicted octanol–water partition coefficient (Wildman–Crippen LogP) is 3.34.